The molecular formula is C19H21N3O2S. The van der Waals surface area contributed by atoms with Gasteiger partial charge < -0.3 is 10.6 Å². The van der Waals surface area contributed by atoms with Gasteiger partial charge in [-0.3, -0.25) is 0 Å². The Morgan fingerprint density at radius 1 is 1.16 bits per heavy atom. The summed E-state index contributed by atoms with van der Waals surface area (Å²) >= 11 is 0. The van der Waals surface area contributed by atoms with Crippen molar-refractivity contribution in [1.82, 2.24) is 0 Å². The molecule has 0 amide bonds. The van der Waals surface area contributed by atoms with Crippen LogP contribution in [0.4, 0.5) is 11.4 Å². The minimum absolute atomic E-state index is 0.161. The molecule has 1 aliphatic rings. The molecule has 0 aromatic heterocycles. The maximum atomic E-state index is 12.5. The Bertz CT molecular complexity index is 959. The Morgan fingerprint density at radius 3 is 2.44 bits per heavy atom. The van der Waals surface area contributed by atoms with Crippen LogP contribution in [0.15, 0.2) is 58.3 Å². The highest BCUT2D eigenvalue weighted by Crippen LogP contribution is 2.33. The highest BCUT2D eigenvalue weighted by Gasteiger charge is 2.27. The van der Waals surface area contributed by atoms with E-state index in [0.717, 1.165) is 16.8 Å². The number of nitrogens with zero attached hydrogens (tertiary/aromatic N) is 1. The van der Waals surface area contributed by atoms with Gasteiger partial charge in [-0.2, -0.15) is 8.42 Å². The summed E-state index contributed by atoms with van der Waals surface area (Å²) in [6.07, 6.45) is 0. The lowest BCUT2D eigenvalue weighted by molar-refractivity contribution is 0.598. The molecule has 0 unspecified atom stereocenters. The van der Waals surface area contributed by atoms with Crippen LogP contribution in [0.3, 0.4) is 0 Å². The lowest BCUT2D eigenvalue weighted by Gasteiger charge is -2.22. The molecule has 0 bridgehead atoms. The van der Waals surface area contributed by atoms with Crippen molar-refractivity contribution in [3.8, 4) is 0 Å². The third kappa shape index (κ3) is 3.44. The molecule has 0 fully saturated rings. The zero-order chi connectivity index (χ0) is 18.2. The maximum absolute atomic E-state index is 12.5. The maximum Gasteiger partial charge on any atom is 0.287 e. The van der Waals surface area contributed by atoms with Crippen LogP contribution in [0.2, 0.25) is 0 Å². The van der Waals surface area contributed by atoms with Gasteiger partial charge in [-0.05, 0) is 42.2 Å². The minimum Gasteiger partial charge on any atom is -0.325 e. The van der Waals surface area contributed by atoms with E-state index in [2.05, 4.69) is 35.5 Å². The fourth-order valence-electron chi connectivity index (χ4n) is 2.68. The number of nitrogens with one attached hydrogen (secondary N) is 2. The molecule has 5 nitrogen and oxygen atoms in total. The summed E-state index contributed by atoms with van der Waals surface area (Å²) in [6, 6.07) is 12.9. The van der Waals surface area contributed by atoms with E-state index < -0.39 is 10.0 Å². The number of hydrogen-bond donors (Lipinski definition) is 2. The van der Waals surface area contributed by atoms with Crippen molar-refractivity contribution in [3.05, 3.63) is 60.2 Å². The van der Waals surface area contributed by atoms with Crippen LogP contribution >= 0.6 is 0 Å². The normalized spacial score (nSPS) is 15.1. The molecule has 6 heteroatoms. The van der Waals surface area contributed by atoms with Crippen LogP contribution in [-0.4, -0.2) is 14.4 Å². The Balaban J connectivity index is 1.95. The van der Waals surface area contributed by atoms with Crippen molar-refractivity contribution >= 4 is 32.9 Å². The molecule has 0 aliphatic carbocycles. The number of anilines is 2. The SMILES string of the molecule is C=C(C)c1cccc2c1NC(Nc1ccc(C(C)C)cc1)=NS2(=O)=O. The van der Waals surface area contributed by atoms with Gasteiger partial charge in [0.05, 0.1) is 5.69 Å². The smallest absolute Gasteiger partial charge is 0.287 e. The first-order valence-electron chi connectivity index (χ1n) is 8.06. The van der Waals surface area contributed by atoms with E-state index in [-0.39, 0.29) is 10.9 Å². The van der Waals surface area contributed by atoms with Crippen molar-refractivity contribution in [2.45, 2.75) is 31.6 Å². The van der Waals surface area contributed by atoms with E-state index in [4.69, 9.17) is 0 Å². The zero-order valence-corrected chi connectivity index (χ0v) is 15.3. The van der Waals surface area contributed by atoms with Crippen LogP contribution in [0, 0.1) is 0 Å². The van der Waals surface area contributed by atoms with Crippen LogP contribution in [0.1, 0.15) is 37.8 Å². The van der Waals surface area contributed by atoms with Gasteiger partial charge in [0.2, 0.25) is 5.96 Å². The summed E-state index contributed by atoms with van der Waals surface area (Å²) in [4.78, 5) is 0.161. The minimum atomic E-state index is -3.77. The van der Waals surface area contributed by atoms with Gasteiger partial charge >= 0.3 is 0 Å². The van der Waals surface area contributed by atoms with E-state index in [1.54, 1.807) is 12.1 Å². The largest absolute Gasteiger partial charge is 0.325 e. The van der Waals surface area contributed by atoms with Crippen molar-refractivity contribution in [2.75, 3.05) is 10.6 Å². The Kier molecular flexibility index (Phi) is 4.39. The highest BCUT2D eigenvalue weighted by atomic mass is 32.2. The Morgan fingerprint density at radius 2 is 1.84 bits per heavy atom. The lowest BCUT2D eigenvalue weighted by atomic mass is 10.0. The van der Waals surface area contributed by atoms with Gasteiger partial charge in [0.25, 0.3) is 10.0 Å². The van der Waals surface area contributed by atoms with E-state index in [1.165, 1.54) is 5.56 Å². The van der Waals surface area contributed by atoms with Crippen molar-refractivity contribution in [3.63, 3.8) is 0 Å². The Labute approximate surface area is 148 Å². The summed E-state index contributed by atoms with van der Waals surface area (Å²) in [5, 5.41) is 6.13. The van der Waals surface area contributed by atoms with Crippen LogP contribution < -0.4 is 10.6 Å². The van der Waals surface area contributed by atoms with E-state index in [9.17, 15) is 8.42 Å². The van der Waals surface area contributed by atoms with Gasteiger partial charge in [-0.1, -0.05) is 44.7 Å². The third-order valence-electron chi connectivity index (χ3n) is 4.06. The van der Waals surface area contributed by atoms with Gasteiger partial charge in [-0.15, -0.1) is 4.40 Å². The topological polar surface area (TPSA) is 70.6 Å². The molecule has 0 saturated heterocycles. The highest BCUT2D eigenvalue weighted by molar-refractivity contribution is 7.90. The standard InChI is InChI=1S/C19H21N3O2S/c1-12(2)14-8-10-15(11-9-14)20-19-21-18-16(13(3)4)6-5-7-17(18)25(23,24)22-19/h5-12H,3H2,1-2,4H3,(H2,20,21,22). The second-order valence-electron chi connectivity index (χ2n) is 6.40. The molecular weight excluding hydrogens is 334 g/mol. The first kappa shape index (κ1) is 17.2. The van der Waals surface area contributed by atoms with Crippen molar-refractivity contribution < 1.29 is 8.42 Å². The Hall–Kier alpha value is -2.60. The molecule has 0 atom stereocenters. The van der Waals surface area contributed by atoms with Crippen molar-refractivity contribution in [2.24, 2.45) is 4.40 Å². The number of allylic oxidation sites excluding steroid dienone is 1. The van der Waals surface area contributed by atoms with Crippen molar-refractivity contribution in [1.29, 1.82) is 0 Å². The average Bonchev–Trinajstić information content (AvgIpc) is 2.54. The molecule has 0 radical (unpaired) electrons. The summed E-state index contributed by atoms with van der Waals surface area (Å²) in [7, 11) is -3.77. The van der Waals surface area contributed by atoms with Crippen LogP contribution in [-0.2, 0) is 10.0 Å². The third-order valence-corrected chi connectivity index (χ3v) is 5.38. The summed E-state index contributed by atoms with van der Waals surface area (Å²) in [5.74, 6) is 0.614. The molecule has 1 aliphatic heterocycles. The zero-order valence-electron chi connectivity index (χ0n) is 14.5. The fraction of sp³-hybridized carbons (Fsp3) is 0.211. The second kappa shape index (κ2) is 6.37. The number of hydrogen-bond acceptors (Lipinski definition) is 4. The number of sulfonamides is 1. The quantitative estimate of drug-likeness (QED) is 0.855. The van der Waals surface area contributed by atoms with Gasteiger partial charge in [-0.25, -0.2) is 0 Å². The molecule has 130 valence electrons. The van der Waals surface area contributed by atoms with Crippen LogP contribution in [0.25, 0.3) is 5.57 Å². The first-order chi connectivity index (χ1) is 11.8. The predicted octanol–water partition coefficient (Wildman–Crippen LogP) is 4.43. The number of rotatable bonds is 3. The fourth-order valence-corrected chi connectivity index (χ4v) is 3.78. The van der Waals surface area contributed by atoms with Gasteiger partial charge in [0, 0.05) is 11.3 Å². The van der Waals surface area contributed by atoms with E-state index >= 15 is 0 Å². The van der Waals surface area contributed by atoms with E-state index in [1.807, 2.05) is 37.3 Å². The molecule has 0 spiro atoms. The lowest BCUT2D eigenvalue weighted by Crippen LogP contribution is -2.28. The monoisotopic (exact) mass is 355 g/mol. The average molecular weight is 355 g/mol. The number of para-hydroxylation sites is 1. The molecule has 3 rings (SSSR count). The summed E-state index contributed by atoms with van der Waals surface area (Å²) < 4.78 is 28.8. The second-order valence-corrected chi connectivity index (χ2v) is 7.97. The molecule has 2 aromatic rings. The van der Waals surface area contributed by atoms with Gasteiger partial charge in [0.15, 0.2) is 0 Å². The molecule has 25 heavy (non-hydrogen) atoms. The predicted molar refractivity (Wildman–Crippen MR) is 104 cm³/mol. The molecule has 2 aromatic carbocycles. The van der Waals surface area contributed by atoms with Crippen LogP contribution in [0.5, 0.6) is 0 Å². The number of guanidine groups is 1. The molecule has 1 heterocycles. The summed E-state index contributed by atoms with van der Waals surface area (Å²) in [6.45, 7) is 10.0. The van der Waals surface area contributed by atoms with Gasteiger partial charge in [0.1, 0.15) is 4.90 Å². The molecule has 2 N–H and O–H groups in total. The van der Waals surface area contributed by atoms with E-state index in [0.29, 0.717) is 11.6 Å². The summed E-state index contributed by atoms with van der Waals surface area (Å²) in [5.41, 5.74) is 4.02. The number of benzene rings is 2. The first-order valence-corrected chi connectivity index (χ1v) is 9.50. The number of fused-ring (bicyclic) bond motifs is 1. The molecule has 0 saturated carbocycles.